The van der Waals surface area contributed by atoms with Gasteiger partial charge in [-0.3, -0.25) is 4.79 Å². The highest BCUT2D eigenvalue weighted by Gasteiger charge is 2.37. The highest BCUT2D eigenvalue weighted by Crippen LogP contribution is 2.42. The fraction of sp³-hybridized carbons (Fsp3) is 0.938. The molecule has 2 rings (SSSR count). The van der Waals surface area contributed by atoms with Gasteiger partial charge in [0.05, 0.1) is 6.61 Å². The molecule has 0 spiro atoms. The number of amides is 1. The molecule has 0 aromatic carbocycles. The van der Waals surface area contributed by atoms with Crippen molar-refractivity contribution >= 4 is 5.91 Å². The summed E-state index contributed by atoms with van der Waals surface area (Å²) in [5.74, 6) is 2.26. The average molecular weight is 267 g/mol. The van der Waals surface area contributed by atoms with Crippen molar-refractivity contribution in [2.24, 2.45) is 17.8 Å². The zero-order valence-corrected chi connectivity index (χ0v) is 12.7. The number of hydrogen-bond donors (Lipinski definition) is 1. The first-order valence-electron chi connectivity index (χ1n) is 7.98. The molecule has 19 heavy (non-hydrogen) atoms. The Hall–Kier alpha value is -0.570. The Morgan fingerprint density at radius 3 is 2.47 bits per heavy atom. The van der Waals surface area contributed by atoms with Gasteiger partial charge in [-0.2, -0.15) is 0 Å². The maximum absolute atomic E-state index is 12.2. The van der Waals surface area contributed by atoms with E-state index in [4.69, 9.17) is 4.74 Å². The lowest BCUT2D eigenvalue weighted by Gasteiger charge is -2.21. The number of rotatable bonds is 7. The van der Waals surface area contributed by atoms with Gasteiger partial charge >= 0.3 is 0 Å². The first-order valence-corrected chi connectivity index (χ1v) is 7.98. The zero-order valence-electron chi connectivity index (χ0n) is 12.7. The molecule has 0 aliphatic heterocycles. The summed E-state index contributed by atoms with van der Waals surface area (Å²) in [7, 11) is 0. The highest BCUT2D eigenvalue weighted by atomic mass is 16.5. The van der Waals surface area contributed by atoms with Crippen LogP contribution in [0.25, 0.3) is 0 Å². The minimum Gasteiger partial charge on any atom is -0.368 e. The van der Waals surface area contributed by atoms with Crippen LogP contribution in [0.5, 0.6) is 0 Å². The van der Waals surface area contributed by atoms with Crippen molar-refractivity contribution in [1.82, 2.24) is 5.32 Å². The van der Waals surface area contributed by atoms with Gasteiger partial charge in [0.15, 0.2) is 0 Å². The molecule has 1 N–H and O–H groups in total. The minimum atomic E-state index is -0.224. The van der Waals surface area contributed by atoms with Crippen LogP contribution in [0.3, 0.4) is 0 Å². The predicted octanol–water partition coefficient (Wildman–Crippen LogP) is 3.13. The normalized spacial score (nSPS) is 28.6. The molecule has 2 aliphatic rings. The lowest BCUT2D eigenvalue weighted by molar-refractivity contribution is -0.135. The molecule has 3 heteroatoms. The van der Waals surface area contributed by atoms with Crippen molar-refractivity contribution in [3.63, 3.8) is 0 Å². The molecule has 110 valence electrons. The quantitative estimate of drug-likeness (QED) is 0.769. The molecule has 3 unspecified atom stereocenters. The van der Waals surface area contributed by atoms with Crippen LogP contribution in [-0.2, 0) is 9.53 Å². The second-order valence-corrected chi connectivity index (χ2v) is 6.84. The summed E-state index contributed by atoms with van der Waals surface area (Å²) in [6.45, 7) is 7.05. The van der Waals surface area contributed by atoms with E-state index in [-0.39, 0.29) is 18.1 Å². The first-order chi connectivity index (χ1) is 9.06. The lowest BCUT2D eigenvalue weighted by atomic mass is 10.1. The maximum Gasteiger partial charge on any atom is 0.249 e. The van der Waals surface area contributed by atoms with Gasteiger partial charge in [-0.25, -0.2) is 0 Å². The van der Waals surface area contributed by atoms with Crippen molar-refractivity contribution in [3.8, 4) is 0 Å². The lowest BCUT2D eigenvalue weighted by Crippen LogP contribution is -2.41. The van der Waals surface area contributed by atoms with E-state index in [2.05, 4.69) is 12.2 Å². The molecule has 1 amide bonds. The molecule has 3 atom stereocenters. The molecule has 2 fully saturated rings. The second kappa shape index (κ2) is 6.74. The first kappa shape index (κ1) is 14.8. The molecule has 2 aliphatic carbocycles. The number of hydrogen-bond acceptors (Lipinski definition) is 2. The molecule has 0 bridgehead atoms. The van der Waals surface area contributed by atoms with E-state index < -0.39 is 0 Å². The van der Waals surface area contributed by atoms with Crippen LogP contribution in [0.4, 0.5) is 0 Å². The number of ether oxygens (including phenoxy) is 1. The number of carbonyl (C=O) groups excluding carboxylic acids is 1. The van der Waals surface area contributed by atoms with Gasteiger partial charge in [0.1, 0.15) is 6.10 Å². The van der Waals surface area contributed by atoms with Crippen molar-refractivity contribution in [2.75, 3.05) is 6.61 Å². The van der Waals surface area contributed by atoms with E-state index in [0.717, 1.165) is 18.9 Å². The molecular weight excluding hydrogens is 238 g/mol. The van der Waals surface area contributed by atoms with Gasteiger partial charge < -0.3 is 10.1 Å². The van der Waals surface area contributed by atoms with Gasteiger partial charge in [-0.1, -0.05) is 19.8 Å². The highest BCUT2D eigenvalue weighted by molar-refractivity contribution is 5.81. The average Bonchev–Trinajstić information content (AvgIpc) is 2.82. The monoisotopic (exact) mass is 267 g/mol. The minimum absolute atomic E-state index is 0.0899. The number of nitrogens with one attached hydrogen (secondary N) is 1. The summed E-state index contributed by atoms with van der Waals surface area (Å²) in [6, 6.07) is 0.196. The van der Waals surface area contributed by atoms with Crippen LogP contribution in [0.15, 0.2) is 0 Å². The Kier molecular flexibility index (Phi) is 5.26. The summed E-state index contributed by atoms with van der Waals surface area (Å²) in [6.07, 6.45) is 7.16. The van der Waals surface area contributed by atoms with Crippen LogP contribution < -0.4 is 5.32 Å². The smallest absolute Gasteiger partial charge is 0.249 e. The Morgan fingerprint density at radius 1 is 1.32 bits per heavy atom. The van der Waals surface area contributed by atoms with Gasteiger partial charge in [0.2, 0.25) is 5.91 Å². The third-order valence-corrected chi connectivity index (χ3v) is 4.52. The topological polar surface area (TPSA) is 38.3 Å². The fourth-order valence-corrected chi connectivity index (χ4v) is 3.06. The van der Waals surface area contributed by atoms with Crippen molar-refractivity contribution < 1.29 is 9.53 Å². The Labute approximate surface area is 117 Å². The third kappa shape index (κ3) is 4.79. The summed E-state index contributed by atoms with van der Waals surface area (Å²) in [4.78, 5) is 12.2. The Bertz CT molecular complexity index is 297. The molecule has 0 saturated heterocycles. The van der Waals surface area contributed by atoms with Gasteiger partial charge in [-0.15, -0.1) is 0 Å². The van der Waals surface area contributed by atoms with Crippen LogP contribution >= 0.6 is 0 Å². The van der Waals surface area contributed by atoms with Gasteiger partial charge in [-0.05, 0) is 57.3 Å². The molecule has 0 aromatic heterocycles. The van der Waals surface area contributed by atoms with Gasteiger partial charge in [0.25, 0.3) is 0 Å². The maximum atomic E-state index is 12.2. The Balaban J connectivity index is 1.79. The van der Waals surface area contributed by atoms with Gasteiger partial charge in [0, 0.05) is 6.04 Å². The molecular formula is C16H29NO2. The van der Waals surface area contributed by atoms with Crippen LogP contribution in [0.1, 0.15) is 59.3 Å². The SMILES string of the molecule is CC(C)NC(=O)C(CC1CC1C)OCC1CCCC1. The van der Waals surface area contributed by atoms with E-state index >= 15 is 0 Å². The second-order valence-electron chi connectivity index (χ2n) is 6.84. The summed E-state index contributed by atoms with van der Waals surface area (Å²) < 4.78 is 5.98. The molecule has 3 nitrogen and oxygen atoms in total. The van der Waals surface area contributed by atoms with Crippen LogP contribution in [0, 0.1) is 17.8 Å². The molecule has 0 aromatic rings. The fourth-order valence-electron chi connectivity index (χ4n) is 3.06. The predicted molar refractivity (Wildman–Crippen MR) is 76.9 cm³/mol. The zero-order chi connectivity index (χ0) is 13.8. The van der Waals surface area contributed by atoms with Crippen LogP contribution in [-0.4, -0.2) is 24.7 Å². The van der Waals surface area contributed by atoms with E-state index in [9.17, 15) is 4.79 Å². The van der Waals surface area contributed by atoms with E-state index in [1.54, 1.807) is 0 Å². The van der Waals surface area contributed by atoms with Crippen molar-refractivity contribution in [3.05, 3.63) is 0 Å². The Morgan fingerprint density at radius 2 is 1.95 bits per heavy atom. The molecule has 2 saturated carbocycles. The number of carbonyl (C=O) groups is 1. The van der Waals surface area contributed by atoms with E-state index in [1.165, 1.54) is 32.1 Å². The molecule has 0 radical (unpaired) electrons. The van der Waals surface area contributed by atoms with E-state index in [1.807, 2.05) is 13.8 Å². The van der Waals surface area contributed by atoms with Crippen molar-refractivity contribution in [1.29, 1.82) is 0 Å². The summed E-state index contributed by atoms with van der Waals surface area (Å²) >= 11 is 0. The van der Waals surface area contributed by atoms with E-state index in [0.29, 0.717) is 11.8 Å². The largest absolute Gasteiger partial charge is 0.368 e. The third-order valence-electron chi connectivity index (χ3n) is 4.52. The summed E-state index contributed by atoms with van der Waals surface area (Å²) in [5, 5.41) is 3.00. The van der Waals surface area contributed by atoms with Crippen molar-refractivity contribution in [2.45, 2.75) is 71.4 Å². The molecule has 0 heterocycles. The summed E-state index contributed by atoms with van der Waals surface area (Å²) in [5.41, 5.74) is 0. The van der Waals surface area contributed by atoms with Crippen LogP contribution in [0.2, 0.25) is 0 Å². The standard InChI is InChI=1S/C16H29NO2/c1-11(2)17-16(18)15(9-14-8-12(14)3)19-10-13-6-4-5-7-13/h11-15H,4-10H2,1-3H3,(H,17,18).